The zero-order valence-electron chi connectivity index (χ0n) is 15.5. The SMILES string of the molecule is COc1ccc(CN(CC(=O)N(O)Cc2ccccc2)CP(C)(=O)O)cc1. The first-order chi connectivity index (χ1) is 12.8. The minimum absolute atomic E-state index is 0.0545. The molecule has 0 aliphatic carbocycles. The zero-order valence-corrected chi connectivity index (χ0v) is 16.4. The van der Waals surface area contributed by atoms with Crippen molar-refractivity contribution in [3.63, 3.8) is 0 Å². The molecule has 8 heteroatoms. The Kier molecular flexibility index (Phi) is 7.56. The molecular weight excluding hydrogens is 367 g/mol. The number of hydrogen-bond donors (Lipinski definition) is 2. The molecule has 1 amide bonds. The average molecular weight is 392 g/mol. The van der Waals surface area contributed by atoms with Crippen LogP contribution in [0.2, 0.25) is 0 Å². The van der Waals surface area contributed by atoms with Crippen LogP contribution >= 0.6 is 7.37 Å². The number of nitrogens with zero attached hydrogens (tertiary/aromatic N) is 2. The summed E-state index contributed by atoms with van der Waals surface area (Å²) < 4.78 is 17.0. The standard InChI is InChI=1S/C19H25N2O5P/c1-26-18-10-8-17(9-11-18)12-20(15-27(2,24)25)14-19(22)21(23)13-16-6-4-3-5-7-16/h3-11,23H,12-15H2,1-2H3,(H,24,25). The number of methoxy groups -OCH3 is 1. The van der Waals surface area contributed by atoms with Gasteiger partial charge in [0.05, 0.1) is 26.5 Å². The molecule has 0 bridgehead atoms. The van der Waals surface area contributed by atoms with Crippen LogP contribution in [-0.2, 0) is 22.4 Å². The van der Waals surface area contributed by atoms with Gasteiger partial charge in [-0.05, 0) is 23.3 Å². The van der Waals surface area contributed by atoms with E-state index in [1.54, 1.807) is 36.3 Å². The molecule has 1 unspecified atom stereocenters. The Labute approximate surface area is 159 Å². The molecule has 2 aromatic carbocycles. The Balaban J connectivity index is 2.03. The summed E-state index contributed by atoms with van der Waals surface area (Å²) in [5.74, 6) is 0.162. The lowest BCUT2D eigenvalue weighted by Gasteiger charge is -2.25. The van der Waals surface area contributed by atoms with Gasteiger partial charge in [0.2, 0.25) is 7.37 Å². The lowest BCUT2D eigenvalue weighted by molar-refractivity contribution is -0.169. The molecule has 0 aliphatic heterocycles. The van der Waals surface area contributed by atoms with E-state index in [9.17, 15) is 19.5 Å². The van der Waals surface area contributed by atoms with Crippen LogP contribution in [0.1, 0.15) is 11.1 Å². The van der Waals surface area contributed by atoms with Crippen LogP contribution in [0.3, 0.4) is 0 Å². The maximum absolute atomic E-state index is 12.4. The number of hydroxylamine groups is 2. The summed E-state index contributed by atoms with van der Waals surface area (Å²) in [7, 11) is -1.81. The fourth-order valence-electron chi connectivity index (χ4n) is 2.63. The molecule has 2 aromatic rings. The Morgan fingerprint density at radius 2 is 1.63 bits per heavy atom. The van der Waals surface area contributed by atoms with Crippen LogP contribution in [0.25, 0.3) is 0 Å². The van der Waals surface area contributed by atoms with Crippen molar-refractivity contribution in [2.45, 2.75) is 13.1 Å². The van der Waals surface area contributed by atoms with Gasteiger partial charge in [0.25, 0.3) is 5.91 Å². The van der Waals surface area contributed by atoms with E-state index >= 15 is 0 Å². The summed E-state index contributed by atoms with van der Waals surface area (Å²) in [5.41, 5.74) is 1.66. The highest BCUT2D eigenvalue weighted by atomic mass is 31.2. The smallest absolute Gasteiger partial charge is 0.260 e. The van der Waals surface area contributed by atoms with E-state index in [0.29, 0.717) is 17.4 Å². The molecule has 0 radical (unpaired) electrons. The number of benzene rings is 2. The van der Waals surface area contributed by atoms with Crippen molar-refractivity contribution in [2.24, 2.45) is 0 Å². The van der Waals surface area contributed by atoms with Gasteiger partial charge in [0.1, 0.15) is 5.75 Å². The van der Waals surface area contributed by atoms with Crippen LogP contribution < -0.4 is 4.74 Å². The number of rotatable bonds is 9. The van der Waals surface area contributed by atoms with E-state index in [4.69, 9.17) is 4.74 Å². The first-order valence-electron chi connectivity index (χ1n) is 8.44. The predicted octanol–water partition coefficient (Wildman–Crippen LogP) is 2.77. The lowest BCUT2D eigenvalue weighted by atomic mass is 10.2. The molecule has 7 nitrogen and oxygen atoms in total. The van der Waals surface area contributed by atoms with Crippen molar-refractivity contribution in [1.29, 1.82) is 0 Å². The third kappa shape index (κ3) is 7.53. The van der Waals surface area contributed by atoms with Crippen molar-refractivity contribution in [3.8, 4) is 5.75 Å². The van der Waals surface area contributed by atoms with Crippen molar-refractivity contribution >= 4 is 13.3 Å². The molecule has 2 rings (SSSR count). The second kappa shape index (κ2) is 9.67. The molecule has 0 heterocycles. The molecule has 0 saturated carbocycles. The van der Waals surface area contributed by atoms with Gasteiger partial charge in [-0.2, -0.15) is 0 Å². The second-order valence-electron chi connectivity index (χ2n) is 6.46. The third-order valence-electron chi connectivity index (χ3n) is 3.85. The summed E-state index contributed by atoms with van der Waals surface area (Å²) in [4.78, 5) is 23.7. The average Bonchev–Trinajstić information content (AvgIpc) is 2.61. The van der Waals surface area contributed by atoms with Gasteiger partial charge in [0.15, 0.2) is 0 Å². The first kappa shape index (κ1) is 21.1. The van der Waals surface area contributed by atoms with Crippen LogP contribution in [0.4, 0.5) is 0 Å². The molecule has 0 spiro atoms. The van der Waals surface area contributed by atoms with Crippen molar-refractivity contribution in [1.82, 2.24) is 9.96 Å². The topological polar surface area (TPSA) is 90.3 Å². The molecular formula is C19H25N2O5P. The van der Waals surface area contributed by atoms with E-state index < -0.39 is 13.3 Å². The Bertz CT molecular complexity index is 776. The van der Waals surface area contributed by atoms with E-state index in [1.807, 2.05) is 30.3 Å². The summed E-state index contributed by atoms with van der Waals surface area (Å²) in [6, 6.07) is 16.3. The van der Waals surface area contributed by atoms with Crippen LogP contribution in [-0.4, -0.2) is 52.6 Å². The molecule has 0 aromatic heterocycles. The van der Waals surface area contributed by atoms with E-state index in [0.717, 1.165) is 11.1 Å². The van der Waals surface area contributed by atoms with Gasteiger partial charge in [0, 0.05) is 13.2 Å². The summed E-state index contributed by atoms with van der Waals surface area (Å²) in [5, 5.41) is 10.7. The van der Waals surface area contributed by atoms with Crippen molar-refractivity contribution in [3.05, 3.63) is 65.7 Å². The molecule has 27 heavy (non-hydrogen) atoms. The van der Waals surface area contributed by atoms with Crippen LogP contribution in [0.5, 0.6) is 5.75 Å². The monoisotopic (exact) mass is 392 g/mol. The quantitative estimate of drug-likeness (QED) is 0.387. The Hall–Kier alpha value is -2.18. The maximum Gasteiger partial charge on any atom is 0.260 e. The fourth-order valence-corrected chi connectivity index (χ4v) is 3.58. The Morgan fingerprint density at radius 1 is 1.04 bits per heavy atom. The van der Waals surface area contributed by atoms with Gasteiger partial charge in [-0.1, -0.05) is 42.5 Å². The van der Waals surface area contributed by atoms with E-state index in [2.05, 4.69) is 0 Å². The minimum Gasteiger partial charge on any atom is -0.497 e. The normalized spacial score (nSPS) is 13.2. The molecule has 0 fully saturated rings. The van der Waals surface area contributed by atoms with Gasteiger partial charge >= 0.3 is 0 Å². The number of carbonyl (C=O) groups excluding carboxylic acids is 1. The van der Waals surface area contributed by atoms with Gasteiger partial charge in [-0.25, -0.2) is 5.06 Å². The summed E-state index contributed by atoms with van der Waals surface area (Å²) >= 11 is 0. The fraction of sp³-hybridized carbons (Fsp3) is 0.316. The highest BCUT2D eigenvalue weighted by Gasteiger charge is 2.22. The number of amides is 1. The van der Waals surface area contributed by atoms with Gasteiger partial charge in [-0.15, -0.1) is 0 Å². The maximum atomic E-state index is 12.4. The molecule has 0 aliphatic rings. The van der Waals surface area contributed by atoms with Crippen LogP contribution in [0, 0.1) is 0 Å². The van der Waals surface area contributed by atoms with E-state index in [-0.39, 0.29) is 19.4 Å². The predicted molar refractivity (Wildman–Crippen MR) is 103 cm³/mol. The molecule has 2 N–H and O–H groups in total. The molecule has 1 atom stereocenters. The van der Waals surface area contributed by atoms with Crippen molar-refractivity contribution < 1.29 is 24.2 Å². The molecule has 0 saturated heterocycles. The van der Waals surface area contributed by atoms with Crippen molar-refractivity contribution in [2.75, 3.05) is 26.6 Å². The summed E-state index contributed by atoms with van der Waals surface area (Å²) in [6.45, 7) is 1.43. The largest absolute Gasteiger partial charge is 0.497 e. The zero-order chi connectivity index (χ0) is 19.9. The minimum atomic E-state index is -3.38. The third-order valence-corrected chi connectivity index (χ3v) is 4.77. The number of hydrogen-bond acceptors (Lipinski definition) is 5. The lowest BCUT2D eigenvalue weighted by Crippen LogP contribution is -2.38. The number of carbonyl (C=O) groups is 1. The highest BCUT2D eigenvalue weighted by Crippen LogP contribution is 2.36. The van der Waals surface area contributed by atoms with E-state index in [1.165, 1.54) is 6.66 Å². The Morgan fingerprint density at radius 3 is 2.19 bits per heavy atom. The van der Waals surface area contributed by atoms with Crippen LogP contribution in [0.15, 0.2) is 54.6 Å². The first-order valence-corrected chi connectivity index (χ1v) is 10.7. The summed E-state index contributed by atoms with van der Waals surface area (Å²) in [6.07, 6.45) is -0.149. The molecule has 146 valence electrons. The highest BCUT2D eigenvalue weighted by molar-refractivity contribution is 7.57. The van der Waals surface area contributed by atoms with Gasteiger partial charge < -0.3 is 9.63 Å². The van der Waals surface area contributed by atoms with Gasteiger partial charge in [-0.3, -0.25) is 19.5 Å². The number of ether oxygens (including phenoxy) is 1. The second-order valence-corrected chi connectivity index (χ2v) is 8.85.